The lowest BCUT2D eigenvalue weighted by Gasteiger charge is -2.29. The molecule has 0 bridgehead atoms. The minimum Gasteiger partial charge on any atom is -0.380 e. The van der Waals surface area contributed by atoms with Gasteiger partial charge in [-0.05, 0) is 31.0 Å². The summed E-state index contributed by atoms with van der Waals surface area (Å²) in [7, 11) is 0. The van der Waals surface area contributed by atoms with Gasteiger partial charge in [-0.1, -0.05) is 6.07 Å². The van der Waals surface area contributed by atoms with Crippen molar-refractivity contribution in [1.82, 2.24) is 5.32 Å². The van der Waals surface area contributed by atoms with Crippen LogP contribution < -0.4 is 15.5 Å². The fourth-order valence-corrected chi connectivity index (χ4v) is 2.39. The van der Waals surface area contributed by atoms with E-state index in [-0.39, 0.29) is 0 Å². The van der Waals surface area contributed by atoms with Crippen molar-refractivity contribution < 1.29 is 0 Å². The highest BCUT2D eigenvalue weighted by Gasteiger charge is 2.17. The van der Waals surface area contributed by atoms with Crippen molar-refractivity contribution in [1.29, 1.82) is 0 Å². The molecule has 2 saturated heterocycles. The van der Waals surface area contributed by atoms with E-state index in [4.69, 9.17) is 0 Å². The molecule has 2 N–H and O–H groups in total. The minimum atomic E-state index is 0.619. The van der Waals surface area contributed by atoms with Crippen LogP contribution >= 0.6 is 0 Å². The Hall–Kier alpha value is -1.22. The summed E-state index contributed by atoms with van der Waals surface area (Å²) in [5, 5.41) is 6.83. The summed E-state index contributed by atoms with van der Waals surface area (Å²) >= 11 is 0. The molecule has 3 rings (SSSR count). The standard InChI is InChI=1S/C13H19N3/c1-2-7-16(6-1)13-5-3-4-11(8-13)15-12-9-14-10-12/h3-5,8,12,14-15H,1-2,6-7,9-10H2. The average molecular weight is 217 g/mol. The van der Waals surface area contributed by atoms with Gasteiger partial charge in [0.2, 0.25) is 0 Å². The van der Waals surface area contributed by atoms with Crippen molar-refractivity contribution in [3.05, 3.63) is 24.3 Å². The number of nitrogens with zero attached hydrogens (tertiary/aromatic N) is 1. The zero-order chi connectivity index (χ0) is 10.8. The maximum Gasteiger partial charge on any atom is 0.0510 e. The largest absolute Gasteiger partial charge is 0.380 e. The predicted octanol–water partition coefficient (Wildman–Crippen LogP) is 1.67. The lowest BCUT2D eigenvalue weighted by atomic mass is 10.1. The van der Waals surface area contributed by atoms with E-state index in [1.165, 1.54) is 37.3 Å². The van der Waals surface area contributed by atoms with E-state index in [2.05, 4.69) is 39.8 Å². The fourth-order valence-electron chi connectivity index (χ4n) is 2.39. The van der Waals surface area contributed by atoms with Crippen LogP contribution in [-0.2, 0) is 0 Å². The first kappa shape index (κ1) is 9.97. The Morgan fingerprint density at radius 3 is 2.69 bits per heavy atom. The second kappa shape index (κ2) is 4.34. The molecule has 0 amide bonds. The molecule has 0 aliphatic carbocycles. The molecule has 2 aliphatic heterocycles. The third kappa shape index (κ3) is 2.00. The van der Waals surface area contributed by atoms with Gasteiger partial charge in [0.25, 0.3) is 0 Å². The highest BCUT2D eigenvalue weighted by molar-refractivity contribution is 5.59. The van der Waals surface area contributed by atoms with Crippen molar-refractivity contribution in [2.75, 3.05) is 36.4 Å². The van der Waals surface area contributed by atoms with Gasteiger partial charge in [0, 0.05) is 37.6 Å². The zero-order valence-corrected chi connectivity index (χ0v) is 9.58. The highest BCUT2D eigenvalue weighted by atomic mass is 15.1. The van der Waals surface area contributed by atoms with Crippen LogP contribution in [0.1, 0.15) is 12.8 Å². The van der Waals surface area contributed by atoms with E-state index in [9.17, 15) is 0 Å². The molecule has 3 nitrogen and oxygen atoms in total. The Balaban J connectivity index is 1.70. The van der Waals surface area contributed by atoms with Crippen molar-refractivity contribution in [2.45, 2.75) is 18.9 Å². The number of benzene rings is 1. The Labute approximate surface area is 96.8 Å². The van der Waals surface area contributed by atoms with Crippen molar-refractivity contribution in [2.24, 2.45) is 0 Å². The van der Waals surface area contributed by atoms with Crippen molar-refractivity contribution >= 4 is 11.4 Å². The maximum atomic E-state index is 3.55. The molecule has 2 aliphatic rings. The Morgan fingerprint density at radius 1 is 1.19 bits per heavy atom. The molecule has 1 aromatic rings. The maximum absolute atomic E-state index is 3.55. The van der Waals surface area contributed by atoms with Gasteiger partial charge in [-0.3, -0.25) is 0 Å². The van der Waals surface area contributed by atoms with E-state index in [0.717, 1.165) is 13.1 Å². The smallest absolute Gasteiger partial charge is 0.0510 e. The minimum absolute atomic E-state index is 0.619. The lowest BCUT2D eigenvalue weighted by Crippen LogP contribution is -2.51. The quantitative estimate of drug-likeness (QED) is 0.806. The van der Waals surface area contributed by atoms with Crippen LogP contribution in [0.3, 0.4) is 0 Å². The Morgan fingerprint density at radius 2 is 2.00 bits per heavy atom. The molecular weight excluding hydrogens is 198 g/mol. The molecule has 1 aromatic carbocycles. The average Bonchev–Trinajstić information content (AvgIpc) is 2.77. The summed E-state index contributed by atoms with van der Waals surface area (Å²) in [4.78, 5) is 2.48. The molecule has 16 heavy (non-hydrogen) atoms. The summed E-state index contributed by atoms with van der Waals surface area (Å²) < 4.78 is 0. The van der Waals surface area contributed by atoms with Crippen LogP contribution in [0.15, 0.2) is 24.3 Å². The van der Waals surface area contributed by atoms with E-state index in [1.807, 2.05) is 0 Å². The number of anilines is 2. The topological polar surface area (TPSA) is 27.3 Å². The molecule has 0 spiro atoms. The molecule has 0 unspecified atom stereocenters. The predicted molar refractivity (Wildman–Crippen MR) is 68.2 cm³/mol. The number of nitrogens with one attached hydrogen (secondary N) is 2. The molecule has 2 fully saturated rings. The van der Waals surface area contributed by atoms with Crippen molar-refractivity contribution in [3.63, 3.8) is 0 Å². The molecule has 0 aromatic heterocycles. The first-order valence-corrected chi connectivity index (χ1v) is 6.24. The summed E-state index contributed by atoms with van der Waals surface area (Å²) in [6.07, 6.45) is 2.68. The van der Waals surface area contributed by atoms with Gasteiger partial charge in [0.15, 0.2) is 0 Å². The zero-order valence-electron chi connectivity index (χ0n) is 9.58. The molecular formula is C13H19N3. The fraction of sp³-hybridized carbons (Fsp3) is 0.538. The molecule has 86 valence electrons. The molecule has 0 saturated carbocycles. The van der Waals surface area contributed by atoms with E-state index in [1.54, 1.807) is 0 Å². The Kier molecular flexibility index (Phi) is 2.70. The second-order valence-electron chi connectivity index (χ2n) is 4.74. The van der Waals surface area contributed by atoms with Crippen LogP contribution in [0.5, 0.6) is 0 Å². The second-order valence-corrected chi connectivity index (χ2v) is 4.74. The normalized spacial score (nSPS) is 20.9. The van der Waals surface area contributed by atoms with E-state index >= 15 is 0 Å². The van der Waals surface area contributed by atoms with Gasteiger partial charge in [-0.15, -0.1) is 0 Å². The van der Waals surface area contributed by atoms with E-state index < -0.39 is 0 Å². The van der Waals surface area contributed by atoms with Gasteiger partial charge < -0.3 is 15.5 Å². The number of hydrogen-bond acceptors (Lipinski definition) is 3. The van der Waals surface area contributed by atoms with Gasteiger partial charge in [0.05, 0.1) is 6.04 Å². The summed E-state index contributed by atoms with van der Waals surface area (Å²) in [6.45, 7) is 4.62. The molecule has 3 heteroatoms. The molecule has 2 heterocycles. The SMILES string of the molecule is c1cc(NC2CNC2)cc(N2CCCC2)c1. The first-order chi connectivity index (χ1) is 7.92. The van der Waals surface area contributed by atoms with Crippen LogP contribution in [0, 0.1) is 0 Å². The number of hydrogen-bond donors (Lipinski definition) is 2. The van der Waals surface area contributed by atoms with Gasteiger partial charge >= 0.3 is 0 Å². The summed E-state index contributed by atoms with van der Waals surface area (Å²) in [6, 6.07) is 9.44. The Bertz CT molecular complexity index is 354. The summed E-state index contributed by atoms with van der Waals surface area (Å²) in [5.41, 5.74) is 2.63. The van der Waals surface area contributed by atoms with Crippen LogP contribution in [0.4, 0.5) is 11.4 Å². The lowest BCUT2D eigenvalue weighted by molar-refractivity contribution is 0.472. The van der Waals surface area contributed by atoms with Crippen molar-refractivity contribution in [3.8, 4) is 0 Å². The third-order valence-corrected chi connectivity index (χ3v) is 3.47. The monoisotopic (exact) mass is 217 g/mol. The third-order valence-electron chi connectivity index (χ3n) is 3.47. The molecule has 0 atom stereocenters. The number of rotatable bonds is 3. The van der Waals surface area contributed by atoms with Crippen LogP contribution in [0.25, 0.3) is 0 Å². The van der Waals surface area contributed by atoms with Crippen LogP contribution in [0.2, 0.25) is 0 Å². The van der Waals surface area contributed by atoms with Gasteiger partial charge in [-0.2, -0.15) is 0 Å². The molecule has 0 radical (unpaired) electrons. The van der Waals surface area contributed by atoms with E-state index in [0.29, 0.717) is 6.04 Å². The highest BCUT2D eigenvalue weighted by Crippen LogP contribution is 2.23. The first-order valence-electron chi connectivity index (χ1n) is 6.24. The van der Waals surface area contributed by atoms with Gasteiger partial charge in [0.1, 0.15) is 0 Å². The summed E-state index contributed by atoms with van der Waals surface area (Å²) in [5.74, 6) is 0. The van der Waals surface area contributed by atoms with Crippen LogP contribution in [-0.4, -0.2) is 32.2 Å². The van der Waals surface area contributed by atoms with Gasteiger partial charge in [-0.25, -0.2) is 0 Å².